The van der Waals surface area contributed by atoms with E-state index in [9.17, 15) is 9.59 Å². The maximum atomic E-state index is 11.7. The fraction of sp³-hybridized carbons (Fsp3) is 0.455. The number of nitrogens with one attached hydrogen (secondary N) is 3. The lowest BCUT2D eigenvalue weighted by Crippen LogP contribution is -2.41. The van der Waals surface area contributed by atoms with Gasteiger partial charge in [-0.3, -0.25) is 14.6 Å². The third-order valence-electron chi connectivity index (χ3n) is 2.13. The first-order valence-electron chi connectivity index (χ1n) is 5.72. The molecule has 0 atom stereocenters. The first-order valence-corrected chi connectivity index (χ1v) is 6.71. The number of aromatic amines is 2. The summed E-state index contributed by atoms with van der Waals surface area (Å²) in [6.07, 6.45) is 1.41. The van der Waals surface area contributed by atoms with Gasteiger partial charge in [0.1, 0.15) is 0 Å². The second kappa shape index (κ2) is 5.04. The van der Waals surface area contributed by atoms with Gasteiger partial charge in [0.25, 0.3) is 5.56 Å². The number of amides is 1. The minimum absolute atomic E-state index is 0.109. The molecule has 3 N–H and O–H groups in total. The Bertz CT molecular complexity index is 655. The zero-order valence-electron chi connectivity index (χ0n) is 10.9. The van der Waals surface area contributed by atoms with Crippen molar-refractivity contribution in [1.29, 1.82) is 0 Å². The second-order valence-corrected chi connectivity index (χ2v) is 6.02. The van der Waals surface area contributed by atoms with Crippen molar-refractivity contribution in [1.82, 2.24) is 25.3 Å². The monoisotopic (exact) mass is 281 g/mol. The van der Waals surface area contributed by atoms with Gasteiger partial charge in [0, 0.05) is 5.54 Å². The number of rotatable bonds is 3. The molecule has 0 fully saturated rings. The Balaban J connectivity index is 2.06. The number of imidazole rings is 1. The van der Waals surface area contributed by atoms with Crippen LogP contribution in [-0.4, -0.2) is 37.1 Å². The first kappa shape index (κ1) is 13.6. The molecule has 1 amide bonds. The van der Waals surface area contributed by atoms with E-state index in [1.54, 1.807) is 0 Å². The minimum atomic E-state index is -0.291. The Labute approximate surface area is 113 Å². The molecule has 2 aromatic heterocycles. The lowest BCUT2D eigenvalue weighted by molar-refractivity contribution is -0.119. The number of hydrogen-bond acceptors (Lipinski definition) is 5. The molecule has 0 spiro atoms. The van der Waals surface area contributed by atoms with E-state index < -0.39 is 0 Å². The van der Waals surface area contributed by atoms with Crippen molar-refractivity contribution < 1.29 is 4.79 Å². The largest absolute Gasteiger partial charge is 0.351 e. The van der Waals surface area contributed by atoms with Gasteiger partial charge in [-0.2, -0.15) is 0 Å². The van der Waals surface area contributed by atoms with Gasteiger partial charge in [-0.1, -0.05) is 11.8 Å². The van der Waals surface area contributed by atoms with Crippen LogP contribution in [0.25, 0.3) is 11.2 Å². The highest BCUT2D eigenvalue weighted by atomic mass is 32.2. The summed E-state index contributed by atoms with van der Waals surface area (Å²) in [7, 11) is 0. The Morgan fingerprint density at radius 1 is 1.47 bits per heavy atom. The molecule has 0 aliphatic rings. The average molecular weight is 281 g/mol. The van der Waals surface area contributed by atoms with Crippen LogP contribution in [0.4, 0.5) is 0 Å². The maximum Gasteiger partial charge on any atom is 0.277 e. The number of aromatic nitrogens is 4. The molecule has 0 aliphatic carbocycles. The number of fused-ring (bicyclic) bond motifs is 1. The van der Waals surface area contributed by atoms with Gasteiger partial charge in [0.2, 0.25) is 5.91 Å². The standard InChI is InChI=1S/C11H15N5O2S/c1-11(2,3)16-6(17)4-19-10-14-8-7(9(18)15-10)12-5-13-8/h5H,4H2,1-3H3,(H,16,17)(H2,12,13,14,15,18). The van der Waals surface area contributed by atoms with E-state index in [0.29, 0.717) is 16.3 Å². The van der Waals surface area contributed by atoms with Crippen LogP contribution in [0.15, 0.2) is 16.3 Å². The van der Waals surface area contributed by atoms with Crippen molar-refractivity contribution in [3.8, 4) is 0 Å². The zero-order chi connectivity index (χ0) is 14.0. The molecule has 19 heavy (non-hydrogen) atoms. The summed E-state index contributed by atoms with van der Waals surface area (Å²) < 4.78 is 0. The van der Waals surface area contributed by atoms with E-state index in [0.717, 1.165) is 0 Å². The van der Waals surface area contributed by atoms with Gasteiger partial charge >= 0.3 is 0 Å². The third kappa shape index (κ3) is 3.57. The van der Waals surface area contributed by atoms with Crippen LogP contribution < -0.4 is 10.9 Å². The lowest BCUT2D eigenvalue weighted by atomic mass is 10.1. The summed E-state index contributed by atoms with van der Waals surface area (Å²) in [6.45, 7) is 5.72. The molecule has 0 aliphatic heterocycles. The van der Waals surface area contributed by atoms with Gasteiger partial charge in [0.05, 0.1) is 12.1 Å². The van der Waals surface area contributed by atoms with Crippen LogP contribution in [0.3, 0.4) is 0 Å². The summed E-state index contributed by atoms with van der Waals surface area (Å²) in [5.74, 6) is 0.0816. The number of hydrogen-bond donors (Lipinski definition) is 3. The van der Waals surface area contributed by atoms with Crippen molar-refractivity contribution in [3.05, 3.63) is 16.7 Å². The molecule has 0 unspecified atom stereocenters. The molecule has 0 aromatic carbocycles. The number of H-pyrrole nitrogens is 2. The van der Waals surface area contributed by atoms with Crippen LogP contribution >= 0.6 is 11.8 Å². The summed E-state index contributed by atoms with van der Waals surface area (Å²) >= 11 is 1.17. The molecular weight excluding hydrogens is 266 g/mol. The second-order valence-electron chi connectivity index (χ2n) is 5.06. The fourth-order valence-corrected chi connectivity index (χ4v) is 2.14. The molecule has 2 aromatic rings. The maximum absolute atomic E-state index is 11.7. The van der Waals surface area contributed by atoms with Crippen molar-refractivity contribution in [3.63, 3.8) is 0 Å². The number of nitrogens with zero attached hydrogens (tertiary/aromatic N) is 2. The van der Waals surface area contributed by atoms with Gasteiger partial charge < -0.3 is 10.3 Å². The van der Waals surface area contributed by atoms with E-state index in [-0.39, 0.29) is 22.8 Å². The van der Waals surface area contributed by atoms with Gasteiger partial charge in [0.15, 0.2) is 16.3 Å². The molecule has 102 valence electrons. The van der Waals surface area contributed by atoms with Crippen molar-refractivity contribution in [2.24, 2.45) is 0 Å². The van der Waals surface area contributed by atoms with E-state index in [1.807, 2.05) is 20.8 Å². The smallest absolute Gasteiger partial charge is 0.277 e. The summed E-state index contributed by atoms with van der Waals surface area (Å²) in [5, 5.41) is 3.22. The number of carbonyl (C=O) groups is 1. The molecular formula is C11H15N5O2S. The van der Waals surface area contributed by atoms with Crippen LogP contribution in [0.2, 0.25) is 0 Å². The van der Waals surface area contributed by atoms with Crippen LogP contribution in [0, 0.1) is 0 Å². The SMILES string of the molecule is CC(C)(C)NC(=O)CSc1nc2nc[nH]c2c(=O)[nH]1. The zero-order valence-corrected chi connectivity index (χ0v) is 11.7. The molecule has 7 nitrogen and oxygen atoms in total. The fourth-order valence-electron chi connectivity index (χ4n) is 1.48. The van der Waals surface area contributed by atoms with E-state index in [4.69, 9.17) is 0 Å². The third-order valence-corrected chi connectivity index (χ3v) is 3.00. The van der Waals surface area contributed by atoms with Crippen molar-refractivity contribution in [2.45, 2.75) is 31.5 Å². The van der Waals surface area contributed by atoms with E-state index in [1.165, 1.54) is 18.1 Å². The molecule has 0 saturated heterocycles. The summed E-state index contributed by atoms with van der Waals surface area (Å²) in [4.78, 5) is 36.7. The highest BCUT2D eigenvalue weighted by Crippen LogP contribution is 2.13. The highest BCUT2D eigenvalue weighted by molar-refractivity contribution is 7.99. The van der Waals surface area contributed by atoms with Crippen molar-refractivity contribution >= 4 is 28.8 Å². The Morgan fingerprint density at radius 2 is 2.21 bits per heavy atom. The first-order chi connectivity index (χ1) is 8.85. The molecule has 2 heterocycles. The van der Waals surface area contributed by atoms with Crippen molar-refractivity contribution in [2.75, 3.05) is 5.75 Å². The summed E-state index contributed by atoms with van der Waals surface area (Å²) in [5.41, 5.74) is 0.122. The predicted molar refractivity (Wildman–Crippen MR) is 73.1 cm³/mol. The van der Waals surface area contributed by atoms with Gasteiger partial charge in [-0.15, -0.1) is 0 Å². The average Bonchev–Trinajstić information content (AvgIpc) is 2.72. The van der Waals surface area contributed by atoms with E-state index >= 15 is 0 Å². The topological polar surface area (TPSA) is 104 Å². The molecule has 2 rings (SSSR count). The van der Waals surface area contributed by atoms with Crippen LogP contribution in [0.1, 0.15) is 20.8 Å². The molecule has 0 radical (unpaired) electrons. The Morgan fingerprint density at radius 3 is 2.89 bits per heavy atom. The Kier molecular flexibility index (Phi) is 3.61. The van der Waals surface area contributed by atoms with Gasteiger partial charge in [-0.05, 0) is 20.8 Å². The molecule has 0 saturated carbocycles. The molecule has 8 heteroatoms. The molecule has 0 bridgehead atoms. The number of carbonyl (C=O) groups excluding carboxylic acids is 1. The minimum Gasteiger partial charge on any atom is -0.351 e. The predicted octanol–water partition coefficient (Wildman–Crippen LogP) is 0.653. The summed E-state index contributed by atoms with van der Waals surface area (Å²) in [6, 6.07) is 0. The number of thioether (sulfide) groups is 1. The normalized spacial score (nSPS) is 11.7. The quantitative estimate of drug-likeness (QED) is 0.566. The van der Waals surface area contributed by atoms with E-state index in [2.05, 4.69) is 25.3 Å². The van der Waals surface area contributed by atoms with Crippen LogP contribution in [-0.2, 0) is 4.79 Å². The van der Waals surface area contributed by atoms with Gasteiger partial charge in [-0.25, -0.2) is 9.97 Å². The van der Waals surface area contributed by atoms with Crippen LogP contribution in [0.5, 0.6) is 0 Å². The highest BCUT2D eigenvalue weighted by Gasteiger charge is 2.14. The Hall–Kier alpha value is -1.83. The lowest BCUT2D eigenvalue weighted by Gasteiger charge is -2.20.